The Morgan fingerprint density at radius 1 is 1.17 bits per heavy atom. The van der Waals surface area contributed by atoms with Crippen molar-refractivity contribution in [3.8, 4) is 11.5 Å². The van der Waals surface area contributed by atoms with Crippen LogP contribution in [0.2, 0.25) is 0 Å². The maximum Gasteiger partial charge on any atom is 0.262 e. The third-order valence-corrected chi connectivity index (χ3v) is 4.26. The van der Waals surface area contributed by atoms with E-state index in [-0.39, 0.29) is 11.5 Å². The Labute approximate surface area is 140 Å². The maximum atomic E-state index is 12.0. The monoisotopic (exact) mass is 350 g/mol. The first-order valence-electron chi connectivity index (χ1n) is 7.00. The normalized spacial score (nSPS) is 11.0. The summed E-state index contributed by atoms with van der Waals surface area (Å²) >= 11 is 0. The molecule has 0 aliphatic carbocycles. The van der Waals surface area contributed by atoms with Gasteiger partial charge in [-0.3, -0.25) is 4.79 Å². The van der Waals surface area contributed by atoms with Crippen LogP contribution in [0.15, 0.2) is 47.4 Å². The van der Waals surface area contributed by atoms with Crippen LogP contribution in [0.3, 0.4) is 0 Å². The Morgan fingerprint density at radius 2 is 1.83 bits per heavy atom. The number of methoxy groups -OCH3 is 1. The van der Waals surface area contributed by atoms with Gasteiger partial charge in [-0.15, -0.1) is 0 Å². The molecule has 0 saturated heterocycles. The number of ether oxygens (including phenoxy) is 2. The Hall–Kier alpha value is -2.58. The van der Waals surface area contributed by atoms with Crippen LogP contribution in [0.5, 0.6) is 11.5 Å². The van der Waals surface area contributed by atoms with E-state index < -0.39 is 15.9 Å². The first-order chi connectivity index (χ1) is 11.3. The average molecular weight is 350 g/mol. The molecular formula is C16H18N2O5S. The van der Waals surface area contributed by atoms with Gasteiger partial charge in [0.25, 0.3) is 5.91 Å². The van der Waals surface area contributed by atoms with E-state index in [4.69, 9.17) is 14.6 Å². The molecule has 0 spiro atoms. The van der Waals surface area contributed by atoms with Gasteiger partial charge in [-0.2, -0.15) is 0 Å². The van der Waals surface area contributed by atoms with Gasteiger partial charge in [-0.05, 0) is 36.8 Å². The lowest BCUT2D eigenvalue weighted by atomic mass is 10.2. The third-order valence-electron chi connectivity index (χ3n) is 3.21. The molecule has 0 atom stereocenters. The second-order valence-electron chi connectivity index (χ2n) is 5.01. The van der Waals surface area contributed by atoms with Gasteiger partial charge >= 0.3 is 0 Å². The number of carbonyl (C=O) groups excluding carboxylic acids is 1. The zero-order valence-electron chi connectivity index (χ0n) is 13.3. The fraction of sp³-hybridized carbons (Fsp3) is 0.188. The summed E-state index contributed by atoms with van der Waals surface area (Å²) in [6, 6.07) is 11.4. The van der Waals surface area contributed by atoms with Crippen molar-refractivity contribution in [2.75, 3.05) is 19.0 Å². The van der Waals surface area contributed by atoms with Gasteiger partial charge in [0.15, 0.2) is 18.1 Å². The highest BCUT2D eigenvalue weighted by molar-refractivity contribution is 7.89. The molecule has 0 fully saturated rings. The first kappa shape index (κ1) is 17.8. The molecule has 0 bridgehead atoms. The van der Waals surface area contributed by atoms with Gasteiger partial charge in [0, 0.05) is 5.69 Å². The molecule has 24 heavy (non-hydrogen) atoms. The predicted octanol–water partition coefficient (Wildman–Crippen LogP) is 1.67. The van der Waals surface area contributed by atoms with Gasteiger partial charge in [0.2, 0.25) is 10.0 Å². The van der Waals surface area contributed by atoms with Crippen LogP contribution in [0.4, 0.5) is 5.69 Å². The van der Waals surface area contributed by atoms with Crippen molar-refractivity contribution in [2.45, 2.75) is 11.8 Å². The van der Waals surface area contributed by atoms with Crippen LogP contribution in [-0.2, 0) is 14.8 Å². The Morgan fingerprint density at radius 3 is 2.46 bits per heavy atom. The SMILES string of the molecule is COc1ccccc1OCC(=O)Nc1ccc(C)c(S(N)(=O)=O)c1. The smallest absolute Gasteiger partial charge is 0.262 e. The van der Waals surface area contributed by atoms with Crippen LogP contribution >= 0.6 is 0 Å². The summed E-state index contributed by atoms with van der Waals surface area (Å²) in [7, 11) is -2.35. The lowest BCUT2D eigenvalue weighted by molar-refractivity contribution is -0.118. The molecule has 3 N–H and O–H groups in total. The average Bonchev–Trinajstić information content (AvgIpc) is 2.54. The van der Waals surface area contributed by atoms with Crippen molar-refractivity contribution in [3.63, 3.8) is 0 Å². The number of carbonyl (C=O) groups is 1. The molecule has 0 aromatic heterocycles. The van der Waals surface area contributed by atoms with Crippen molar-refractivity contribution >= 4 is 21.6 Å². The summed E-state index contributed by atoms with van der Waals surface area (Å²) in [6.07, 6.45) is 0. The largest absolute Gasteiger partial charge is 0.493 e. The van der Waals surface area contributed by atoms with E-state index >= 15 is 0 Å². The van der Waals surface area contributed by atoms with Gasteiger partial charge in [-0.25, -0.2) is 13.6 Å². The molecule has 2 aromatic rings. The van der Waals surface area contributed by atoms with Crippen molar-refractivity contribution in [1.29, 1.82) is 0 Å². The molecule has 0 aliphatic heterocycles. The van der Waals surface area contributed by atoms with Crippen LogP contribution in [0, 0.1) is 6.92 Å². The van der Waals surface area contributed by atoms with Crippen molar-refractivity contribution in [3.05, 3.63) is 48.0 Å². The van der Waals surface area contributed by atoms with Crippen LogP contribution in [0.25, 0.3) is 0 Å². The minimum absolute atomic E-state index is 0.0362. The molecule has 0 radical (unpaired) electrons. The highest BCUT2D eigenvalue weighted by Gasteiger charge is 2.13. The minimum atomic E-state index is -3.86. The summed E-state index contributed by atoms with van der Waals surface area (Å²) in [5.41, 5.74) is 0.819. The summed E-state index contributed by atoms with van der Waals surface area (Å²) in [4.78, 5) is 11.9. The number of amides is 1. The van der Waals surface area contributed by atoms with Crippen molar-refractivity contribution in [1.82, 2.24) is 0 Å². The van der Waals surface area contributed by atoms with Crippen LogP contribution in [-0.4, -0.2) is 28.0 Å². The fourth-order valence-corrected chi connectivity index (χ4v) is 2.87. The highest BCUT2D eigenvalue weighted by atomic mass is 32.2. The van der Waals surface area contributed by atoms with E-state index in [9.17, 15) is 13.2 Å². The first-order valence-corrected chi connectivity index (χ1v) is 8.55. The Kier molecular flexibility index (Phi) is 5.42. The van der Waals surface area contributed by atoms with Crippen LogP contribution < -0.4 is 19.9 Å². The molecule has 0 heterocycles. The summed E-state index contributed by atoms with van der Waals surface area (Å²) < 4.78 is 33.5. The summed E-state index contributed by atoms with van der Waals surface area (Å²) in [5.74, 6) is 0.506. The second-order valence-corrected chi connectivity index (χ2v) is 6.54. The molecule has 0 aliphatic rings. The molecule has 0 unspecified atom stereocenters. The number of primary sulfonamides is 1. The number of anilines is 1. The van der Waals surface area contributed by atoms with E-state index in [1.54, 1.807) is 43.3 Å². The molecule has 8 heteroatoms. The van der Waals surface area contributed by atoms with Crippen molar-refractivity contribution in [2.24, 2.45) is 5.14 Å². The van der Waals surface area contributed by atoms with E-state index in [1.807, 2.05) is 0 Å². The topological polar surface area (TPSA) is 108 Å². The minimum Gasteiger partial charge on any atom is -0.493 e. The molecule has 128 valence electrons. The van der Waals surface area contributed by atoms with Gasteiger partial charge in [-0.1, -0.05) is 18.2 Å². The molecule has 0 saturated carbocycles. The maximum absolute atomic E-state index is 12.0. The second kappa shape index (κ2) is 7.33. The van der Waals surface area contributed by atoms with Crippen molar-refractivity contribution < 1.29 is 22.7 Å². The number of para-hydroxylation sites is 2. The number of benzene rings is 2. The highest BCUT2D eigenvalue weighted by Crippen LogP contribution is 2.25. The third kappa shape index (κ3) is 4.46. The number of sulfonamides is 1. The van der Waals surface area contributed by atoms with E-state index in [0.29, 0.717) is 22.7 Å². The Balaban J connectivity index is 2.05. The molecule has 1 amide bonds. The van der Waals surface area contributed by atoms with Crippen LogP contribution in [0.1, 0.15) is 5.56 Å². The van der Waals surface area contributed by atoms with E-state index in [1.165, 1.54) is 13.2 Å². The zero-order chi connectivity index (χ0) is 17.7. The van der Waals surface area contributed by atoms with Gasteiger partial charge in [0.05, 0.1) is 12.0 Å². The van der Waals surface area contributed by atoms with E-state index in [2.05, 4.69) is 5.32 Å². The summed E-state index contributed by atoms with van der Waals surface area (Å²) in [5, 5.41) is 7.71. The number of nitrogens with two attached hydrogens (primary N) is 1. The molecule has 2 aromatic carbocycles. The standard InChI is InChI=1S/C16H18N2O5S/c1-11-7-8-12(9-15(11)24(17,20)21)18-16(19)10-23-14-6-4-3-5-13(14)22-2/h3-9H,10H2,1-2H3,(H,18,19)(H2,17,20,21). The number of hydrogen-bond donors (Lipinski definition) is 2. The molecule has 7 nitrogen and oxygen atoms in total. The lowest BCUT2D eigenvalue weighted by Gasteiger charge is -2.11. The lowest BCUT2D eigenvalue weighted by Crippen LogP contribution is -2.21. The number of aryl methyl sites for hydroxylation is 1. The number of rotatable bonds is 6. The summed E-state index contributed by atoms with van der Waals surface area (Å²) in [6.45, 7) is 1.37. The Bertz CT molecular complexity index is 849. The quantitative estimate of drug-likeness (QED) is 0.824. The molecule has 2 rings (SSSR count). The van der Waals surface area contributed by atoms with Gasteiger partial charge in [0.1, 0.15) is 0 Å². The predicted molar refractivity (Wildman–Crippen MR) is 89.7 cm³/mol. The number of hydrogen-bond acceptors (Lipinski definition) is 5. The zero-order valence-corrected chi connectivity index (χ0v) is 14.1. The fourth-order valence-electron chi connectivity index (χ4n) is 2.06. The van der Waals surface area contributed by atoms with Gasteiger partial charge < -0.3 is 14.8 Å². The molecular weight excluding hydrogens is 332 g/mol. The number of nitrogens with one attached hydrogen (secondary N) is 1. The van der Waals surface area contributed by atoms with E-state index in [0.717, 1.165) is 0 Å².